The number of benzene rings is 3. The maximum absolute atomic E-state index is 13.8. The molecule has 1 amide bonds. The molecule has 0 fully saturated rings. The highest BCUT2D eigenvalue weighted by atomic mass is 32.2. The van der Waals surface area contributed by atoms with Crippen LogP contribution in [0.25, 0.3) is 0 Å². The van der Waals surface area contributed by atoms with Gasteiger partial charge in [0.25, 0.3) is 5.91 Å². The molecule has 4 nitrogen and oxygen atoms in total. The first kappa shape index (κ1) is 26.9. The third-order valence-corrected chi connectivity index (χ3v) is 6.52. The smallest absolute Gasteiger partial charge is 0.251 e. The molecule has 3 rings (SSSR count). The first-order chi connectivity index (χ1) is 16.9. The molecule has 0 saturated carbocycles. The van der Waals surface area contributed by atoms with E-state index in [0.29, 0.717) is 17.7 Å². The van der Waals surface area contributed by atoms with E-state index in [0.717, 1.165) is 28.7 Å². The molecule has 3 aromatic carbocycles. The molecule has 3 aromatic rings. The lowest BCUT2D eigenvalue weighted by atomic mass is 10.00. The van der Waals surface area contributed by atoms with E-state index < -0.39 is 23.8 Å². The highest BCUT2D eigenvalue weighted by molar-refractivity contribution is 7.99. The molecule has 186 valence electrons. The Morgan fingerprint density at radius 3 is 2.37 bits per heavy atom. The predicted octanol–water partition coefficient (Wildman–Crippen LogP) is 5.13. The third kappa shape index (κ3) is 8.46. The molecule has 0 saturated heterocycles. The predicted molar refractivity (Wildman–Crippen MR) is 138 cm³/mol. The third-order valence-electron chi connectivity index (χ3n) is 5.65. The molecule has 7 heteroatoms. The Labute approximate surface area is 210 Å². The minimum absolute atomic E-state index is 0.0813. The van der Waals surface area contributed by atoms with Crippen molar-refractivity contribution in [2.75, 3.05) is 12.3 Å². The number of aliphatic hydroxyl groups excluding tert-OH is 1. The van der Waals surface area contributed by atoms with E-state index in [1.54, 1.807) is 23.9 Å². The van der Waals surface area contributed by atoms with Crippen molar-refractivity contribution < 1.29 is 18.7 Å². The minimum atomic E-state index is -0.979. The highest BCUT2D eigenvalue weighted by Crippen LogP contribution is 2.19. The Hall–Kier alpha value is -2.74. The molecule has 3 N–H and O–H groups in total. The zero-order valence-corrected chi connectivity index (χ0v) is 20.9. The fourth-order valence-corrected chi connectivity index (χ4v) is 4.60. The minimum Gasteiger partial charge on any atom is -0.390 e. The summed E-state index contributed by atoms with van der Waals surface area (Å²) in [5.41, 5.74) is 3.15. The highest BCUT2D eigenvalue weighted by Gasteiger charge is 2.23. The molecule has 0 spiro atoms. The van der Waals surface area contributed by atoms with E-state index in [1.807, 2.05) is 31.2 Å². The van der Waals surface area contributed by atoms with Gasteiger partial charge in [0.15, 0.2) is 0 Å². The summed E-state index contributed by atoms with van der Waals surface area (Å²) in [5.74, 6) is -0.861. The van der Waals surface area contributed by atoms with Crippen molar-refractivity contribution in [2.24, 2.45) is 0 Å². The standard InChI is InChI=1S/C28H32F2N2O2S/c1-3-19-7-5-8-20(11-19)17-31-18-27(33)26(14-21-12-23(29)16-24(30)13-21)32-28(34)22-9-6-10-25(15-22)35-4-2/h5-13,15-16,26-27,31,33H,3-4,14,17-18H2,1-2H3,(H,32,34)/t26-,27+/m0/s1. The van der Waals surface area contributed by atoms with Crippen molar-refractivity contribution in [1.82, 2.24) is 10.6 Å². The molecule has 0 aliphatic heterocycles. The quantitative estimate of drug-likeness (QED) is 0.303. The number of carbonyl (C=O) groups excluding carboxylic acids is 1. The molecular weight excluding hydrogens is 466 g/mol. The van der Waals surface area contributed by atoms with Crippen LogP contribution < -0.4 is 10.6 Å². The average Bonchev–Trinajstić information content (AvgIpc) is 2.83. The number of hydrogen-bond acceptors (Lipinski definition) is 4. The molecule has 0 aliphatic carbocycles. The van der Waals surface area contributed by atoms with Gasteiger partial charge < -0.3 is 15.7 Å². The lowest BCUT2D eigenvalue weighted by Gasteiger charge is -2.25. The molecule has 0 aliphatic rings. The van der Waals surface area contributed by atoms with Gasteiger partial charge in [-0.25, -0.2) is 8.78 Å². The van der Waals surface area contributed by atoms with Crippen LogP contribution in [-0.4, -0.2) is 35.5 Å². The molecular formula is C28H32F2N2O2S. The van der Waals surface area contributed by atoms with Gasteiger partial charge in [-0.2, -0.15) is 0 Å². The van der Waals surface area contributed by atoms with E-state index in [1.165, 1.54) is 17.7 Å². The molecule has 0 heterocycles. The van der Waals surface area contributed by atoms with Crippen molar-refractivity contribution in [2.45, 2.75) is 50.3 Å². The van der Waals surface area contributed by atoms with Crippen LogP contribution in [0, 0.1) is 11.6 Å². The van der Waals surface area contributed by atoms with Gasteiger partial charge >= 0.3 is 0 Å². The number of amides is 1. The second kappa shape index (κ2) is 13.4. The molecule has 0 bridgehead atoms. The zero-order chi connectivity index (χ0) is 25.2. The molecule has 0 aromatic heterocycles. The van der Waals surface area contributed by atoms with Gasteiger partial charge in [-0.15, -0.1) is 11.8 Å². The van der Waals surface area contributed by atoms with E-state index in [-0.39, 0.29) is 18.9 Å². The monoisotopic (exact) mass is 498 g/mol. The Bertz CT molecular complexity index is 1110. The summed E-state index contributed by atoms with van der Waals surface area (Å²) in [4.78, 5) is 14.0. The lowest BCUT2D eigenvalue weighted by molar-refractivity contribution is 0.0829. The Morgan fingerprint density at radius 1 is 0.943 bits per heavy atom. The normalized spacial score (nSPS) is 12.8. The van der Waals surface area contributed by atoms with Crippen molar-refractivity contribution in [1.29, 1.82) is 0 Å². The van der Waals surface area contributed by atoms with E-state index in [9.17, 15) is 18.7 Å². The number of halogens is 2. The maximum Gasteiger partial charge on any atom is 0.251 e. The van der Waals surface area contributed by atoms with Crippen molar-refractivity contribution >= 4 is 17.7 Å². The first-order valence-corrected chi connectivity index (χ1v) is 12.8. The van der Waals surface area contributed by atoms with Crippen molar-refractivity contribution in [3.63, 3.8) is 0 Å². The van der Waals surface area contributed by atoms with E-state index >= 15 is 0 Å². The molecule has 0 radical (unpaired) electrons. The maximum atomic E-state index is 13.8. The average molecular weight is 499 g/mol. The largest absolute Gasteiger partial charge is 0.390 e. The van der Waals surface area contributed by atoms with Gasteiger partial charge in [0.2, 0.25) is 0 Å². The fraction of sp³-hybridized carbons (Fsp3) is 0.321. The Kier molecular flexibility index (Phi) is 10.3. The van der Waals surface area contributed by atoms with Crippen molar-refractivity contribution in [3.8, 4) is 0 Å². The molecule has 2 atom stereocenters. The van der Waals surface area contributed by atoms with Crippen LogP contribution >= 0.6 is 11.8 Å². The number of aliphatic hydroxyl groups is 1. The number of rotatable bonds is 12. The number of aryl methyl sites for hydroxylation is 1. The van der Waals surface area contributed by atoms with Gasteiger partial charge in [0, 0.05) is 29.6 Å². The fourth-order valence-electron chi connectivity index (χ4n) is 3.88. The SMILES string of the molecule is CCSc1cccc(C(=O)N[C@@H](Cc2cc(F)cc(F)c2)[C@H](O)CNCc2cccc(CC)c2)c1. The summed E-state index contributed by atoms with van der Waals surface area (Å²) >= 11 is 1.63. The lowest BCUT2D eigenvalue weighted by Crippen LogP contribution is -2.48. The van der Waals surface area contributed by atoms with Crippen LogP contribution in [-0.2, 0) is 19.4 Å². The zero-order valence-electron chi connectivity index (χ0n) is 20.1. The molecule has 35 heavy (non-hydrogen) atoms. The second-order valence-electron chi connectivity index (χ2n) is 8.39. The van der Waals surface area contributed by atoms with E-state index in [4.69, 9.17) is 0 Å². The van der Waals surface area contributed by atoms with Gasteiger partial charge in [0.1, 0.15) is 11.6 Å². The summed E-state index contributed by atoms with van der Waals surface area (Å²) in [6, 6.07) is 17.9. The topological polar surface area (TPSA) is 61.4 Å². The van der Waals surface area contributed by atoms with Gasteiger partial charge in [-0.05, 0) is 65.6 Å². The summed E-state index contributed by atoms with van der Waals surface area (Å²) in [5, 5.41) is 17.1. The summed E-state index contributed by atoms with van der Waals surface area (Å²) in [7, 11) is 0. The van der Waals surface area contributed by atoms with Crippen LogP contribution in [0.3, 0.4) is 0 Å². The number of nitrogens with one attached hydrogen (secondary N) is 2. The number of hydrogen-bond donors (Lipinski definition) is 3. The van der Waals surface area contributed by atoms with Crippen LogP contribution in [0.1, 0.15) is 40.9 Å². The summed E-state index contributed by atoms with van der Waals surface area (Å²) in [6.07, 6.45) is 0.0397. The number of thioether (sulfide) groups is 1. The van der Waals surface area contributed by atoms with E-state index in [2.05, 4.69) is 29.7 Å². The van der Waals surface area contributed by atoms with Gasteiger partial charge in [-0.3, -0.25) is 4.79 Å². The van der Waals surface area contributed by atoms with Gasteiger partial charge in [0.05, 0.1) is 12.1 Å². The van der Waals surface area contributed by atoms with Crippen LogP contribution in [0.15, 0.2) is 71.6 Å². The number of carbonyl (C=O) groups is 1. The Balaban J connectivity index is 1.72. The second-order valence-corrected chi connectivity index (χ2v) is 9.73. The molecule has 0 unspecified atom stereocenters. The van der Waals surface area contributed by atoms with Crippen LogP contribution in [0.2, 0.25) is 0 Å². The van der Waals surface area contributed by atoms with Gasteiger partial charge in [-0.1, -0.05) is 44.2 Å². The Morgan fingerprint density at radius 2 is 1.66 bits per heavy atom. The van der Waals surface area contributed by atoms with Crippen LogP contribution in [0.4, 0.5) is 8.78 Å². The summed E-state index contributed by atoms with van der Waals surface area (Å²) < 4.78 is 27.5. The van der Waals surface area contributed by atoms with Crippen LogP contribution in [0.5, 0.6) is 0 Å². The summed E-state index contributed by atoms with van der Waals surface area (Å²) in [6.45, 7) is 4.88. The van der Waals surface area contributed by atoms with Crippen molar-refractivity contribution in [3.05, 3.63) is 101 Å². The first-order valence-electron chi connectivity index (χ1n) is 11.8.